The fourth-order valence-electron chi connectivity index (χ4n) is 2.46. The fourth-order valence-corrected chi connectivity index (χ4v) is 3.07. The molecule has 1 aromatic heterocycles. The van der Waals surface area contributed by atoms with Crippen LogP contribution in [0.2, 0.25) is 0 Å². The Morgan fingerprint density at radius 1 is 1.24 bits per heavy atom. The van der Waals surface area contributed by atoms with Crippen molar-refractivity contribution in [3.8, 4) is 0 Å². The summed E-state index contributed by atoms with van der Waals surface area (Å²) in [6, 6.07) is 1.71. The van der Waals surface area contributed by atoms with Gasteiger partial charge >= 0.3 is 6.18 Å². The summed E-state index contributed by atoms with van der Waals surface area (Å²) in [7, 11) is 0. The third kappa shape index (κ3) is 4.69. The van der Waals surface area contributed by atoms with Gasteiger partial charge in [0.05, 0.1) is 17.1 Å². The molecule has 0 spiro atoms. The molecule has 1 aromatic rings. The lowest BCUT2D eigenvalue weighted by Gasteiger charge is -2.38. The first kappa shape index (κ1) is 17.3. The van der Waals surface area contributed by atoms with Crippen LogP contribution in [0, 0.1) is 0 Å². The van der Waals surface area contributed by atoms with Gasteiger partial charge in [0.2, 0.25) is 0 Å². The van der Waals surface area contributed by atoms with Crippen molar-refractivity contribution in [1.82, 2.24) is 9.80 Å². The average molecular weight is 435 g/mol. The first-order valence-electron chi connectivity index (χ1n) is 6.48. The van der Waals surface area contributed by atoms with E-state index in [0.29, 0.717) is 43.2 Å². The van der Waals surface area contributed by atoms with E-state index in [9.17, 15) is 13.2 Å². The normalized spacial score (nSPS) is 19.9. The van der Waals surface area contributed by atoms with E-state index in [2.05, 4.69) is 36.8 Å². The number of hydrogen-bond donors (Lipinski definition) is 1. The van der Waals surface area contributed by atoms with Crippen LogP contribution in [0.4, 0.5) is 13.2 Å². The molecule has 4 nitrogen and oxygen atoms in total. The minimum atomic E-state index is -4.15. The molecule has 120 valence electrons. The molecule has 21 heavy (non-hydrogen) atoms. The lowest BCUT2D eigenvalue weighted by atomic mass is 10.1. The van der Waals surface area contributed by atoms with Crippen molar-refractivity contribution in [3.63, 3.8) is 0 Å². The first-order valence-corrected chi connectivity index (χ1v) is 8.06. The zero-order chi connectivity index (χ0) is 15.6. The van der Waals surface area contributed by atoms with Gasteiger partial charge in [0.15, 0.2) is 4.67 Å². The van der Waals surface area contributed by atoms with Crippen LogP contribution in [0.15, 0.2) is 19.6 Å². The van der Waals surface area contributed by atoms with Gasteiger partial charge in [-0.05, 0) is 37.9 Å². The number of nitrogens with zero attached hydrogens (tertiary/aromatic N) is 2. The van der Waals surface area contributed by atoms with E-state index in [4.69, 9.17) is 10.2 Å². The van der Waals surface area contributed by atoms with Crippen LogP contribution >= 0.6 is 31.9 Å². The summed E-state index contributed by atoms with van der Waals surface area (Å²) in [5.74, 6) is 0.709. The summed E-state index contributed by atoms with van der Waals surface area (Å²) < 4.78 is 44.1. The predicted molar refractivity (Wildman–Crippen MR) is 80.0 cm³/mol. The number of halogens is 5. The summed E-state index contributed by atoms with van der Waals surface area (Å²) >= 11 is 6.62. The van der Waals surface area contributed by atoms with Gasteiger partial charge in [0.25, 0.3) is 0 Å². The molecule has 1 saturated heterocycles. The first-order chi connectivity index (χ1) is 9.80. The highest BCUT2D eigenvalue weighted by Crippen LogP contribution is 2.32. The second-order valence-electron chi connectivity index (χ2n) is 4.95. The second kappa shape index (κ2) is 6.99. The lowest BCUT2D eigenvalue weighted by Crippen LogP contribution is -2.51. The molecule has 9 heteroatoms. The number of furan rings is 1. The monoisotopic (exact) mass is 433 g/mol. The number of hydrogen-bond acceptors (Lipinski definition) is 4. The Labute approximate surface area is 137 Å². The maximum Gasteiger partial charge on any atom is 0.401 e. The van der Waals surface area contributed by atoms with Gasteiger partial charge in [-0.2, -0.15) is 13.2 Å². The van der Waals surface area contributed by atoms with Crippen molar-refractivity contribution < 1.29 is 17.6 Å². The molecule has 0 amide bonds. The predicted octanol–water partition coefficient (Wildman–Crippen LogP) is 2.98. The van der Waals surface area contributed by atoms with Crippen LogP contribution in [0.5, 0.6) is 0 Å². The molecule has 1 aliphatic heterocycles. The molecule has 1 atom stereocenters. The Hall–Kier alpha value is -0.0900. The fraction of sp³-hybridized carbons (Fsp3) is 0.667. The van der Waals surface area contributed by atoms with Crippen LogP contribution in [0.3, 0.4) is 0 Å². The van der Waals surface area contributed by atoms with E-state index >= 15 is 0 Å². The maximum absolute atomic E-state index is 12.4. The minimum Gasteiger partial charge on any atom is -0.451 e. The van der Waals surface area contributed by atoms with E-state index in [1.54, 1.807) is 0 Å². The molecule has 2 heterocycles. The maximum atomic E-state index is 12.4. The molecule has 0 bridgehead atoms. The van der Waals surface area contributed by atoms with Gasteiger partial charge in [-0.3, -0.25) is 9.80 Å². The van der Waals surface area contributed by atoms with Crippen LogP contribution in [0.1, 0.15) is 11.8 Å². The molecule has 0 aliphatic carbocycles. The summed E-state index contributed by atoms with van der Waals surface area (Å²) in [5, 5.41) is 0. The van der Waals surface area contributed by atoms with Crippen LogP contribution in [0.25, 0.3) is 0 Å². The molecule has 1 unspecified atom stereocenters. The van der Waals surface area contributed by atoms with E-state index in [1.807, 2.05) is 6.07 Å². The molecule has 2 rings (SSSR count). The Balaban J connectivity index is 1.96. The summed E-state index contributed by atoms with van der Waals surface area (Å²) in [4.78, 5) is 3.47. The largest absolute Gasteiger partial charge is 0.451 e. The van der Waals surface area contributed by atoms with Crippen molar-refractivity contribution in [1.29, 1.82) is 0 Å². The van der Waals surface area contributed by atoms with E-state index < -0.39 is 12.7 Å². The van der Waals surface area contributed by atoms with E-state index in [0.717, 1.165) is 4.47 Å². The molecule has 1 fully saturated rings. The van der Waals surface area contributed by atoms with Gasteiger partial charge in [-0.1, -0.05) is 0 Å². The topological polar surface area (TPSA) is 45.6 Å². The zero-order valence-corrected chi connectivity index (χ0v) is 14.3. The molecule has 1 aliphatic rings. The van der Waals surface area contributed by atoms with E-state index in [1.165, 1.54) is 4.90 Å². The van der Waals surface area contributed by atoms with Crippen molar-refractivity contribution in [2.75, 3.05) is 39.3 Å². The molecule has 0 radical (unpaired) electrons. The van der Waals surface area contributed by atoms with Gasteiger partial charge < -0.3 is 10.2 Å². The third-order valence-corrected chi connectivity index (χ3v) is 5.18. The molecular weight excluding hydrogens is 419 g/mol. The van der Waals surface area contributed by atoms with Crippen molar-refractivity contribution in [3.05, 3.63) is 21.0 Å². The highest BCUT2D eigenvalue weighted by atomic mass is 79.9. The third-order valence-electron chi connectivity index (χ3n) is 3.47. The van der Waals surface area contributed by atoms with Crippen molar-refractivity contribution in [2.45, 2.75) is 12.2 Å². The highest BCUT2D eigenvalue weighted by molar-refractivity contribution is 9.13. The lowest BCUT2D eigenvalue weighted by molar-refractivity contribution is -0.150. The summed E-state index contributed by atoms with van der Waals surface area (Å²) in [6.45, 7) is 1.32. The number of alkyl halides is 3. The van der Waals surface area contributed by atoms with E-state index in [-0.39, 0.29) is 6.04 Å². The summed E-state index contributed by atoms with van der Waals surface area (Å²) in [6.07, 6.45) is -4.15. The highest BCUT2D eigenvalue weighted by Gasteiger charge is 2.33. The number of rotatable bonds is 4. The van der Waals surface area contributed by atoms with Crippen LogP contribution in [-0.2, 0) is 0 Å². The smallest absolute Gasteiger partial charge is 0.401 e. The Kier molecular flexibility index (Phi) is 5.75. The summed E-state index contributed by atoms with van der Waals surface area (Å²) in [5.41, 5.74) is 5.81. The molecular formula is C12H16Br2F3N3O. The SMILES string of the molecule is NCC(c1cc(Br)c(Br)o1)N1CCN(CC(F)(F)F)CC1. The zero-order valence-electron chi connectivity index (χ0n) is 11.2. The second-order valence-corrected chi connectivity index (χ2v) is 6.52. The molecule has 2 N–H and O–H groups in total. The van der Waals surface area contributed by atoms with Crippen molar-refractivity contribution >= 4 is 31.9 Å². The van der Waals surface area contributed by atoms with Gasteiger partial charge in [-0.15, -0.1) is 0 Å². The van der Waals surface area contributed by atoms with Crippen LogP contribution < -0.4 is 5.73 Å². The van der Waals surface area contributed by atoms with Crippen LogP contribution in [-0.4, -0.2) is 55.2 Å². The van der Waals surface area contributed by atoms with Gasteiger partial charge in [0, 0.05) is 32.7 Å². The Bertz CT molecular complexity index is 453. The minimum absolute atomic E-state index is 0.124. The standard InChI is InChI=1S/C12H16Br2F3N3O/c13-8-5-10(21-11(8)14)9(6-18)20-3-1-19(2-4-20)7-12(15,16)17/h5,9H,1-4,6-7,18H2. The van der Waals surface area contributed by atoms with Crippen molar-refractivity contribution in [2.24, 2.45) is 5.73 Å². The quantitative estimate of drug-likeness (QED) is 0.791. The van der Waals surface area contributed by atoms with Gasteiger partial charge in [0.1, 0.15) is 5.76 Å². The average Bonchev–Trinajstić information content (AvgIpc) is 2.70. The Morgan fingerprint density at radius 2 is 1.86 bits per heavy atom. The Morgan fingerprint density at radius 3 is 2.29 bits per heavy atom. The molecule has 0 aromatic carbocycles. The molecule has 0 saturated carbocycles. The van der Waals surface area contributed by atoms with Gasteiger partial charge in [-0.25, -0.2) is 0 Å². The number of nitrogens with two attached hydrogens (primary N) is 1. The number of piperazine rings is 1.